The Labute approximate surface area is 160 Å². The van der Waals surface area contributed by atoms with Gasteiger partial charge in [-0.05, 0) is 84.5 Å². The van der Waals surface area contributed by atoms with Crippen LogP contribution in [-0.2, 0) is 6.42 Å². The number of hydrogen-bond donors (Lipinski definition) is 2. The van der Waals surface area contributed by atoms with Gasteiger partial charge in [0.2, 0.25) is 0 Å². The molecule has 2 saturated carbocycles. The Morgan fingerprint density at radius 1 is 1.11 bits per heavy atom. The monoisotopic (exact) mass is 404 g/mol. The molecule has 4 rings (SSSR count). The first-order valence-electron chi connectivity index (χ1n) is 9.88. The van der Waals surface area contributed by atoms with E-state index in [4.69, 9.17) is 0 Å². The van der Waals surface area contributed by atoms with Crippen molar-refractivity contribution >= 4 is 0 Å². The van der Waals surface area contributed by atoms with E-state index in [1.165, 1.54) is 6.07 Å². The summed E-state index contributed by atoms with van der Waals surface area (Å²) in [5.41, 5.74) is 1.20. The zero-order valence-corrected chi connectivity index (χ0v) is 15.6. The normalized spacial score (nSPS) is 37.9. The number of hydrogen-bond acceptors (Lipinski definition) is 2. The van der Waals surface area contributed by atoms with Crippen molar-refractivity contribution < 1.29 is 32.2 Å². The van der Waals surface area contributed by atoms with Gasteiger partial charge < -0.3 is 10.2 Å². The molecule has 6 atom stereocenters. The van der Waals surface area contributed by atoms with Crippen LogP contribution in [0.1, 0.15) is 56.1 Å². The van der Waals surface area contributed by atoms with Crippen LogP contribution in [0.25, 0.3) is 0 Å². The second-order valence-electron chi connectivity index (χ2n) is 9.18. The van der Waals surface area contributed by atoms with Crippen LogP contribution in [0.2, 0.25) is 0 Å². The largest absolute Gasteiger partial charge is 0.508 e. The number of aromatic hydroxyl groups is 1. The molecule has 4 unspecified atom stereocenters. The van der Waals surface area contributed by atoms with Crippen molar-refractivity contribution in [3.8, 4) is 5.75 Å². The molecule has 2 nitrogen and oxygen atoms in total. The van der Waals surface area contributed by atoms with Crippen molar-refractivity contribution in [1.29, 1.82) is 0 Å². The van der Waals surface area contributed by atoms with E-state index in [2.05, 4.69) is 0 Å². The van der Waals surface area contributed by atoms with E-state index in [-0.39, 0.29) is 29.9 Å². The van der Waals surface area contributed by atoms with E-state index in [1.54, 1.807) is 12.1 Å². The molecule has 1 aromatic carbocycles. The molecule has 0 aliphatic heterocycles. The first-order chi connectivity index (χ1) is 12.9. The van der Waals surface area contributed by atoms with Crippen LogP contribution in [0.5, 0.6) is 5.75 Å². The third kappa shape index (κ3) is 2.92. The quantitative estimate of drug-likeness (QED) is 0.646. The Morgan fingerprint density at radius 2 is 1.82 bits per heavy atom. The lowest BCUT2D eigenvalue weighted by Gasteiger charge is -2.53. The molecule has 0 amide bonds. The minimum atomic E-state index is -5.57. The smallest absolute Gasteiger partial charge is 0.453 e. The Kier molecular flexibility index (Phi) is 4.49. The predicted molar refractivity (Wildman–Crippen MR) is 93.2 cm³/mol. The number of fused-ring (bicyclic) bond motifs is 5. The molecule has 2 N–H and O–H groups in total. The summed E-state index contributed by atoms with van der Waals surface area (Å²) in [4.78, 5) is 0. The van der Waals surface area contributed by atoms with Gasteiger partial charge in [0.1, 0.15) is 5.75 Å². The molecule has 0 spiro atoms. The van der Waals surface area contributed by atoms with Crippen molar-refractivity contribution in [2.24, 2.45) is 23.2 Å². The van der Waals surface area contributed by atoms with Crippen LogP contribution in [0, 0.1) is 23.2 Å². The molecule has 28 heavy (non-hydrogen) atoms. The summed E-state index contributed by atoms with van der Waals surface area (Å²) in [6, 6.07) is 4.84. The number of phenolic OH excluding ortho intramolecular Hbond substituents is 1. The van der Waals surface area contributed by atoms with Crippen LogP contribution in [0.4, 0.5) is 22.0 Å². The Hall–Kier alpha value is -1.37. The fourth-order valence-corrected chi connectivity index (χ4v) is 6.39. The average molecular weight is 404 g/mol. The fraction of sp³-hybridized carbons (Fsp3) is 0.714. The van der Waals surface area contributed by atoms with E-state index in [1.807, 2.05) is 6.92 Å². The summed E-state index contributed by atoms with van der Waals surface area (Å²) < 4.78 is 66.9. The summed E-state index contributed by atoms with van der Waals surface area (Å²) in [6.45, 7) is 1.96. The Morgan fingerprint density at radius 3 is 2.50 bits per heavy atom. The molecule has 0 heterocycles. The SMILES string of the molecule is C[C@]12CCC3c4ccc(O)cc4CC(CC(F)(F)C(F)(F)F)C3C1CC[C@@H]2O. The molecule has 156 valence electrons. The molecular formula is C21H25F5O2. The number of benzene rings is 1. The van der Waals surface area contributed by atoms with E-state index in [0.717, 1.165) is 12.0 Å². The lowest BCUT2D eigenvalue weighted by Crippen LogP contribution is -2.49. The van der Waals surface area contributed by atoms with E-state index in [0.29, 0.717) is 24.8 Å². The van der Waals surface area contributed by atoms with Gasteiger partial charge in [0.15, 0.2) is 0 Å². The molecule has 2 fully saturated rings. The number of alkyl halides is 5. The van der Waals surface area contributed by atoms with Gasteiger partial charge in [-0.3, -0.25) is 0 Å². The second kappa shape index (κ2) is 6.31. The second-order valence-corrected chi connectivity index (χ2v) is 9.18. The maximum absolute atomic E-state index is 14.0. The zero-order valence-electron chi connectivity index (χ0n) is 15.6. The van der Waals surface area contributed by atoms with Gasteiger partial charge in [0, 0.05) is 6.42 Å². The first kappa shape index (κ1) is 19.9. The Balaban J connectivity index is 1.76. The van der Waals surface area contributed by atoms with Gasteiger partial charge >= 0.3 is 12.1 Å². The minimum Gasteiger partial charge on any atom is -0.508 e. The molecule has 7 heteroatoms. The van der Waals surface area contributed by atoms with Crippen molar-refractivity contribution in [3.63, 3.8) is 0 Å². The highest BCUT2D eigenvalue weighted by atomic mass is 19.4. The summed E-state index contributed by atoms with van der Waals surface area (Å²) >= 11 is 0. The molecule has 0 bridgehead atoms. The summed E-state index contributed by atoms with van der Waals surface area (Å²) in [5, 5.41) is 20.3. The van der Waals surface area contributed by atoms with Crippen LogP contribution >= 0.6 is 0 Å². The van der Waals surface area contributed by atoms with Gasteiger partial charge in [0.25, 0.3) is 0 Å². The zero-order chi connectivity index (χ0) is 20.5. The third-order valence-electron chi connectivity index (χ3n) is 7.77. The van der Waals surface area contributed by atoms with E-state index >= 15 is 0 Å². The van der Waals surface area contributed by atoms with Crippen molar-refractivity contribution in [2.75, 3.05) is 0 Å². The molecule has 3 aliphatic carbocycles. The minimum absolute atomic E-state index is 0.00420. The topological polar surface area (TPSA) is 40.5 Å². The number of aliphatic hydroxyl groups is 1. The molecule has 0 radical (unpaired) electrons. The highest BCUT2D eigenvalue weighted by Crippen LogP contribution is 2.63. The molecule has 1 aromatic rings. The molecule has 3 aliphatic rings. The predicted octanol–water partition coefficient (Wildman–Crippen LogP) is 5.42. The van der Waals surface area contributed by atoms with E-state index in [9.17, 15) is 32.2 Å². The number of rotatable bonds is 2. The molecule has 0 saturated heterocycles. The number of halogens is 5. The van der Waals surface area contributed by atoms with Crippen LogP contribution < -0.4 is 0 Å². The van der Waals surface area contributed by atoms with Gasteiger partial charge in [-0.25, -0.2) is 0 Å². The van der Waals surface area contributed by atoms with Crippen LogP contribution in [0.15, 0.2) is 18.2 Å². The van der Waals surface area contributed by atoms with Crippen LogP contribution in [0.3, 0.4) is 0 Å². The summed E-state index contributed by atoms with van der Waals surface area (Å²) in [5.74, 6) is -6.09. The van der Waals surface area contributed by atoms with Crippen LogP contribution in [-0.4, -0.2) is 28.4 Å². The summed E-state index contributed by atoms with van der Waals surface area (Å²) in [6.07, 6.45) is -4.66. The number of aliphatic hydroxyl groups excluding tert-OH is 1. The van der Waals surface area contributed by atoms with Crippen molar-refractivity contribution in [3.05, 3.63) is 29.3 Å². The van der Waals surface area contributed by atoms with Gasteiger partial charge in [-0.15, -0.1) is 0 Å². The van der Waals surface area contributed by atoms with Gasteiger partial charge in [-0.1, -0.05) is 13.0 Å². The summed E-state index contributed by atoms with van der Waals surface area (Å²) in [7, 11) is 0. The first-order valence-corrected chi connectivity index (χ1v) is 9.88. The highest BCUT2D eigenvalue weighted by molar-refractivity contribution is 5.41. The van der Waals surface area contributed by atoms with E-state index < -0.39 is 36.0 Å². The van der Waals surface area contributed by atoms with Crippen molar-refractivity contribution in [1.82, 2.24) is 0 Å². The van der Waals surface area contributed by atoms with Gasteiger partial charge in [0.05, 0.1) is 6.10 Å². The molecule has 0 aromatic heterocycles. The van der Waals surface area contributed by atoms with Crippen molar-refractivity contribution in [2.45, 2.75) is 69.6 Å². The standard InChI is InChI=1S/C21H25F5O2/c1-19-7-6-15-14-3-2-13(27)9-11(14)8-12(10-20(22,23)21(24,25)26)18(15)16(19)4-5-17(19)28/h2-3,9,12,15-18,27-28H,4-8,10H2,1H3/t12?,15?,16?,17-,18?,19-/m0/s1. The average Bonchev–Trinajstić information content (AvgIpc) is 2.88. The number of phenols is 1. The lowest BCUT2D eigenvalue weighted by atomic mass is 9.52. The fourth-order valence-electron chi connectivity index (χ4n) is 6.39. The Bertz CT molecular complexity index is 762. The maximum Gasteiger partial charge on any atom is 0.453 e. The lowest BCUT2D eigenvalue weighted by molar-refractivity contribution is -0.290. The highest BCUT2D eigenvalue weighted by Gasteiger charge is 2.62. The maximum atomic E-state index is 14.0. The third-order valence-corrected chi connectivity index (χ3v) is 7.77. The molecular weight excluding hydrogens is 379 g/mol. The van der Waals surface area contributed by atoms with Gasteiger partial charge in [-0.2, -0.15) is 22.0 Å².